The van der Waals surface area contributed by atoms with Gasteiger partial charge >= 0.3 is 0 Å². The molecular formula is C28H33F2N5O5. The number of carbonyl (C=O) groups is 1. The van der Waals surface area contributed by atoms with Crippen LogP contribution in [-0.4, -0.2) is 44.0 Å². The fraction of sp³-hybridized carbons (Fsp3) is 0.500. The molecule has 1 saturated heterocycles. The number of benzene rings is 1. The molecule has 0 bridgehead atoms. The number of nitrogens with zero attached hydrogens (tertiary/aromatic N) is 4. The van der Waals surface area contributed by atoms with Gasteiger partial charge in [-0.2, -0.15) is 10.2 Å². The van der Waals surface area contributed by atoms with E-state index in [0.29, 0.717) is 25.4 Å². The first-order chi connectivity index (χ1) is 19.1. The Morgan fingerprint density at radius 1 is 1.25 bits per heavy atom. The molecule has 214 valence electrons. The summed E-state index contributed by atoms with van der Waals surface area (Å²) in [4.78, 5) is 26.6. The van der Waals surface area contributed by atoms with Crippen LogP contribution in [0.1, 0.15) is 57.6 Å². The number of halogens is 2. The Labute approximate surface area is 230 Å². The lowest BCUT2D eigenvalue weighted by Crippen LogP contribution is -2.36. The predicted octanol–water partition coefficient (Wildman–Crippen LogP) is 4.73. The molecule has 1 amide bonds. The molecule has 2 aliphatic rings. The second-order valence-electron chi connectivity index (χ2n) is 10.8. The maximum Gasteiger partial charge on any atom is 0.271 e. The highest BCUT2D eigenvalue weighted by Crippen LogP contribution is 2.33. The Morgan fingerprint density at radius 2 is 2.02 bits per heavy atom. The lowest BCUT2D eigenvalue weighted by Gasteiger charge is -2.21. The number of hydrogen-bond donors (Lipinski definition) is 1. The zero-order valence-electron chi connectivity index (χ0n) is 22.7. The highest BCUT2D eigenvalue weighted by Gasteiger charge is 2.33. The number of anilines is 1. The molecule has 2 fully saturated rings. The molecule has 3 aromatic rings. The van der Waals surface area contributed by atoms with Crippen LogP contribution in [0.25, 0.3) is 0 Å². The fourth-order valence-electron chi connectivity index (χ4n) is 5.21. The van der Waals surface area contributed by atoms with Gasteiger partial charge in [-0.15, -0.1) is 0 Å². The van der Waals surface area contributed by atoms with E-state index in [0.717, 1.165) is 42.5 Å². The molecule has 1 aliphatic carbocycles. The second kappa shape index (κ2) is 11.5. The van der Waals surface area contributed by atoms with Crippen LogP contribution in [0.2, 0.25) is 0 Å². The molecule has 2 aromatic heterocycles. The maximum absolute atomic E-state index is 14.4. The quantitative estimate of drug-likeness (QED) is 0.405. The Bertz CT molecular complexity index is 1430. The third-order valence-corrected chi connectivity index (χ3v) is 7.24. The molecule has 2 unspecified atom stereocenters. The van der Waals surface area contributed by atoms with Crippen molar-refractivity contribution in [3.63, 3.8) is 0 Å². The van der Waals surface area contributed by atoms with Crippen LogP contribution in [0, 0.1) is 24.5 Å². The summed E-state index contributed by atoms with van der Waals surface area (Å²) in [5.74, 6) is -3.01. The molecule has 1 aromatic carbocycles. The van der Waals surface area contributed by atoms with Crippen LogP contribution in [0.5, 0.6) is 11.5 Å². The molecule has 2 atom stereocenters. The number of ether oxygens (including phenoxy) is 3. The third kappa shape index (κ3) is 6.39. The Hall–Kier alpha value is -3.64. The van der Waals surface area contributed by atoms with Crippen LogP contribution in [0.4, 0.5) is 14.6 Å². The van der Waals surface area contributed by atoms with Crippen molar-refractivity contribution in [3.05, 3.63) is 64.2 Å². The summed E-state index contributed by atoms with van der Waals surface area (Å²) in [7, 11) is 0. The highest BCUT2D eigenvalue weighted by atomic mass is 19.1. The van der Waals surface area contributed by atoms with Gasteiger partial charge in [-0.1, -0.05) is 31.7 Å². The number of carbonyl (C=O) groups excluding carboxylic acids is 1. The molecule has 0 spiro atoms. The summed E-state index contributed by atoms with van der Waals surface area (Å²) in [6, 6.07) is 4.21. The number of nitrogens with one attached hydrogen (secondary N) is 1. The van der Waals surface area contributed by atoms with Crippen molar-refractivity contribution in [2.75, 3.05) is 11.9 Å². The lowest BCUT2D eigenvalue weighted by molar-refractivity contribution is -0.139. The smallest absolute Gasteiger partial charge is 0.271 e. The van der Waals surface area contributed by atoms with Crippen molar-refractivity contribution in [1.29, 1.82) is 0 Å². The van der Waals surface area contributed by atoms with E-state index >= 15 is 0 Å². The van der Waals surface area contributed by atoms with Crippen molar-refractivity contribution in [2.24, 2.45) is 5.92 Å². The topological polar surface area (TPSA) is 110 Å². The van der Waals surface area contributed by atoms with Gasteiger partial charge in [0.25, 0.3) is 11.5 Å². The number of aromatic nitrogens is 4. The minimum atomic E-state index is -0.908. The summed E-state index contributed by atoms with van der Waals surface area (Å²) in [5.41, 5.74) is -0.433. The molecular weight excluding hydrogens is 524 g/mol. The van der Waals surface area contributed by atoms with Crippen LogP contribution in [0.15, 0.2) is 41.5 Å². The van der Waals surface area contributed by atoms with Gasteiger partial charge in [-0.05, 0) is 44.7 Å². The van der Waals surface area contributed by atoms with E-state index in [4.69, 9.17) is 14.2 Å². The second-order valence-corrected chi connectivity index (χ2v) is 10.8. The SMILES string of the molecule is Cc1ccc(F)c(Oc2cnn(C(CC3CCCC3)C(=O)Nc3ccn(CC4COC(C)(C)O4)n3)c(=O)c2)c1F. The molecule has 12 heteroatoms. The number of hydrogen-bond acceptors (Lipinski definition) is 7. The highest BCUT2D eigenvalue weighted by molar-refractivity contribution is 5.92. The molecule has 1 saturated carbocycles. The van der Waals surface area contributed by atoms with Gasteiger partial charge in [-0.25, -0.2) is 13.5 Å². The average Bonchev–Trinajstić information content (AvgIpc) is 3.65. The van der Waals surface area contributed by atoms with E-state index in [1.165, 1.54) is 19.2 Å². The predicted molar refractivity (Wildman–Crippen MR) is 141 cm³/mol. The van der Waals surface area contributed by atoms with Crippen molar-refractivity contribution >= 4 is 11.7 Å². The van der Waals surface area contributed by atoms with E-state index in [9.17, 15) is 18.4 Å². The van der Waals surface area contributed by atoms with E-state index in [2.05, 4.69) is 15.5 Å². The molecule has 40 heavy (non-hydrogen) atoms. The standard InChI is InChI=1S/C28H33F2N5O5/c1-17-8-9-21(29)26(25(17)30)39-19-13-24(36)35(31-14-19)22(12-18-6-4-5-7-18)27(37)32-23-10-11-34(33-23)15-20-16-38-28(2,3)40-20/h8-11,13-14,18,20,22H,4-7,12,15-16H2,1-3H3,(H,32,33,37). The minimum absolute atomic E-state index is 0.135. The molecule has 10 nitrogen and oxygen atoms in total. The van der Waals surface area contributed by atoms with Crippen LogP contribution in [-0.2, 0) is 20.8 Å². The van der Waals surface area contributed by atoms with Crippen molar-refractivity contribution in [2.45, 2.75) is 77.4 Å². The zero-order valence-corrected chi connectivity index (χ0v) is 22.7. The average molecular weight is 558 g/mol. The monoisotopic (exact) mass is 557 g/mol. The summed E-state index contributed by atoms with van der Waals surface area (Å²) in [6.45, 7) is 6.07. The van der Waals surface area contributed by atoms with Gasteiger partial charge in [0.05, 0.1) is 19.3 Å². The largest absolute Gasteiger partial charge is 0.449 e. The van der Waals surface area contributed by atoms with Gasteiger partial charge in [0.2, 0.25) is 0 Å². The molecule has 1 aliphatic heterocycles. The maximum atomic E-state index is 14.4. The van der Waals surface area contributed by atoms with Gasteiger partial charge in [0.1, 0.15) is 12.1 Å². The first kappa shape index (κ1) is 27.9. The normalized spacial score (nSPS) is 19.6. The van der Waals surface area contributed by atoms with Crippen molar-refractivity contribution in [3.8, 4) is 11.5 Å². The van der Waals surface area contributed by atoms with Crippen LogP contribution in [0.3, 0.4) is 0 Å². The first-order valence-corrected chi connectivity index (χ1v) is 13.5. The van der Waals surface area contributed by atoms with E-state index in [-0.39, 0.29) is 23.3 Å². The van der Waals surface area contributed by atoms with Crippen molar-refractivity contribution < 1.29 is 27.8 Å². The van der Waals surface area contributed by atoms with E-state index in [1.807, 2.05) is 13.8 Å². The number of amides is 1. The third-order valence-electron chi connectivity index (χ3n) is 7.24. The van der Waals surface area contributed by atoms with Crippen LogP contribution >= 0.6 is 0 Å². The minimum Gasteiger partial charge on any atom is -0.449 e. The van der Waals surface area contributed by atoms with Gasteiger partial charge in [0, 0.05) is 18.3 Å². The molecule has 1 N–H and O–H groups in total. The Kier molecular flexibility index (Phi) is 7.99. The zero-order chi connectivity index (χ0) is 28.4. The first-order valence-electron chi connectivity index (χ1n) is 13.5. The Morgan fingerprint density at radius 3 is 2.73 bits per heavy atom. The van der Waals surface area contributed by atoms with E-state index < -0.39 is 40.7 Å². The summed E-state index contributed by atoms with van der Waals surface area (Å²) in [6.07, 6.45) is 7.21. The summed E-state index contributed by atoms with van der Waals surface area (Å²) >= 11 is 0. The molecule has 3 heterocycles. The number of aryl methyl sites for hydroxylation is 1. The van der Waals surface area contributed by atoms with Crippen LogP contribution < -0.4 is 15.6 Å². The Balaban J connectivity index is 1.32. The van der Waals surface area contributed by atoms with E-state index in [1.54, 1.807) is 16.9 Å². The van der Waals surface area contributed by atoms with Crippen molar-refractivity contribution in [1.82, 2.24) is 19.6 Å². The fourth-order valence-corrected chi connectivity index (χ4v) is 5.21. The molecule has 0 radical (unpaired) electrons. The summed E-state index contributed by atoms with van der Waals surface area (Å²) < 4.78 is 48.1. The lowest BCUT2D eigenvalue weighted by atomic mass is 9.98. The van der Waals surface area contributed by atoms with Gasteiger partial charge in [0.15, 0.2) is 34.7 Å². The molecule has 5 rings (SSSR count). The summed E-state index contributed by atoms with van der Waals surface area (Å²) in [5, 5.41) is 11.4. The number of rotatable bonds is 9. The van der Waals surface area contributed by atoms with Gasteiger partial charge in [-0.3, -0.25) is 14.3 Å². The van der Waals surface area contributed by atoms with Gasteiger partial charge < -0.3 is 19.5 Å².